The Labute approximate surface area is 116 Å². The fourth-order valence-electron chi connectivity index (χ4n) is 2.36. The van der Waals surface area contributed by atoms with Crippen molar-refractivity contribution in [2.45, 2.75) is 32.2 Å². The number of carbonyl (C=O) groups is 1. The van der Waals surface area contributed by atoms with Crippen molar-refractivity contribution in [1.82, 2.24) is 19.5 Å². The van der Waals surface area contributed by atoms with E-state index in [1.165, 1.54) is 28.3 Å². The van der Waals surface area contributed by atoms with E-state index in [1.807, 2.05) is 6.07 Å². The molecule has 2 heterocycles. The molecule has 1 amide bonds. The highest BCUT2D eigenvalue weighted by Gasteiger charge is 2.17. The Morgan fingerprint density at radius 2 is 2.25 bits per heavy atom. The van der Waals surface area contributed by atoms with Crippen LogP contribution < -0.4 is 11.0 Å². The van der Waals surface area contributed by atoms with Crippen LogP contribution in [0.5, 0.6) is 0 Å². The van der Waals surface area contributed by atoms with Gasteiger partial charge < -0.3 is 5.32 Å². The first-order chi connectivity index (χ1) is 9.74. The van der Waals surface area contributed by atoms with Crippen molar-refractivity contribution >= 4 is 11.6 Å². The summed E-state index contributed by atoms with van der Waals surface area (Å²) in [6, 6.07) is 5.39. The van der Waals surface area contributed by atoms with E-state index in [0.29, 0.717) is 18.1 Å². The first kappa shape index (κ1) is 12.9. The van der Waals surface area contributed by atoms with Crippen LogP contribution in [0.25, 0.3) is 5.65 Å². The van der Waals surface area contributed by atoms with E-state index in [2.05, 4.69) is 10.4 Å². The van der Waals surface area contributed by atoms with Gasteiger partial charge in [0.25, 0.3) is 0 Å². The zero-order valence-corrected chi connectivity index (χ0v) is 11.3. The minimum Gasteiger partial charge on any atom is -0.356 e. The maximum absolute atomic E-state index is 12.0. The smallest absolute Gasteiger partial charge is 0.350 e. The topological polar surface area (TPSA) is 68.4 Å². The molecule has 1 aliphatic rings. The largest absolute Gasteiger partial charge is 0.356 e. The highest BCUT2D eigenvalue weighted by Crippen LogP contribution is 2.25. The van der Waals surface area contributed by atoms with Crippen molar-refractivity contribution in [3.05, 3.63) is 34.9 Å². The van der Waals surface area contributed by atoms with Crippen LogP contribution in [-0.4, -0.2) is 26.6 Å². The summed E-state index contributed by atoms with van der Waals surface area (Å²) in [5.74, 6) is 0.637. The Balaban J connectivity index is 1.57. The van der Waals surface area contributed by atoms with Gasteiger partial charge in [0.05, 0.1) is 6.54 Å². The monoisotopic (exact) mass is 274 g/mol. The molecule has 2 aromatic rings. The van der Waals surface area contributed by atoms with Crippen molar-refractivity contribution in [2.75, 3.05) is 6.54 Å². The Bertz CT molecular complexity index is 669. The lowest BCUT2D eigenvalue weighted by atomic mass is 9.85. The van der Waals surface area contributed by atoms with Gasteiger partial charge in [0.15, 0.2) is 5.65 Å². The average Bonchev–Trinajstić information content (AvgIpc) is 2.72. The number of fused-ring (bicyclic) bond motifs is 1. The molecule has 0 atom stereocenters. The number of hydrogen-bond donors (Lipinski definition) is 1. The van der Waals surface area contributed by atoms with Crippen LogP contribution in [0, 0.1) is 5.92 Å². The van der Waals surface area contributed by atoms with E-state index >= 15 is 0 Å². The van der Waals surface area contributed by atoms with Gasteiger partial charge in [0, 0.05) is 19.2 Å². The summed E-state index contributed by atoms with van der Waals surface area (Å²) in [5, 5.41) is 7.11. The van der Waals surface area contributed by atoms with Crippen LogP contribution in [-0.2, 0) is 11.3 Å². The zero-order valence-electron chi connectivity index (χ0n) is 11.3. The molecule has 1 N–H and O–H groups in total. The molecule has 3 rings (SSSR count). The van der Waals surface area contributed by atoms with Gasteiger partial charge >= 0.3 is 5.69 Å². The number of hydrogen-bond acceptors (Lipinski definition) is 3. The molecule has 0 bridgehead atoms. The first-order valence-electron chi connectivity index (χ1n) is 7.05. The lowest BCUT2D eigenvalue weighted by Crippen LogP contribution is -2.33. The fraction of sp³-hybridized carbons (Fsp3) is 0.500. The van der Waals surface area contributed by atoms with Crippen LogP contribution in [0.4, 0.5) is 0 Å². The molecule has 0 aromatic carbocycles. The molecule has 1 saturated carbocycles. The summed E-state index contributed by atoms with van der Waals surface area (Å²) in [6.45, 7) is 1.08. The number of rotatable bonds is 5. The van der Waals surface area contributed by atoms with E-state index < -0.39 is 0 Å². The quantitative estimate of drug-likeness (QED) is 0.877. The molecule has 6 nitrogen and oxygen atoms in total. The molecule has 0 spiro atoms. The van der Waals surface area contributed by atoms with Crippen LogP contribution in [0.15, 0.2) is 29.2 Å². The summed E-state index contributed by atoms with van der Waals surface area (Å²) in [7, 11) is 0. The minimum atomic E-state index is -0.201. The maximum atomic E-state index is 12.0. The summed E-state index contributed by atoms with van der Waals surface area (Å²) in [4.78, 5) is 23.7. The third-order valence-corrected chi connectivity index (χ3v) is 3.85. The van der Waals surface area contributed by atoms with Gasteiger partial charge in [-0.25, -0.2) is 9.48 Å². The Morgan fingerprint density at radius 3 is 2.95 bits per heavy atom. The van der Waals surface area contributed by atoms with Crippen molar-refractivity contribution in [3.63, 3.8) is 0 Å². The second-order valence-corrected chi connectivity index (χ2v) is 5.29. The second-order valence-electron chi connectivity index (χ2n) is 5.29. The predicted molar refractivity (Wildman–Crippen MR) is 74.4 cm³/mol. The number of amides is 1. The molecule has 0 unspecified atom stereocenters. The first-order valence-corrected chi connectivity index (χ1v) is 7.05. The molecule has 2 aromatic heterocycles. The van der Waals surface area contributed by atoms with Gasteiger partial charge in [0.1, 0.15) is 0 Å². The normalized spacial score (nSPS) is 15.2. The van der Waals surface area contributed by atoms with Crippen molar-refractivity contribution < 1.29 is 4.79 Å². The van der Waals surface area contributed by atoms with E-state index in [-0.39, 0.29) is 18.0 Å². The Hall–Kier alpha value is -2.11. The van der Waals surface area contributed by atoms with Gasteiger partial charge in [-0.15, -0.1) is 5.10 Å². The lowest BCUT2D eigenvalue weighted by Gasteiger charge is -2.25. The molecular formula is C14H18N4O2. The van der Waals surface area contributed by atoms with E-state index in [4.69, 9.17) is 0 Å². The summed E-state index contributed by atoms with van der Waals surface area (Å²) in [6.07, 6.45) is 5.67. The van der Waals surface area contributed by atoms with Gasteiger partial charge in [-0.2, -0.15) is 0 Å². The number of aryl methyl sites for hydroxylation is 1. The third-order valence-electron chi connectivity index (χ3n) is 3.85. The van der Waals surface area contributed by atoms with Crippen LogP contribution in [0.3, 0.4) is 0 Å². The van der Waals surface area contributed by atoms with Crippen LogP contribution in [0.1, 0.15) is 25.7 Å². The SMILES string of the molecule is O=C(CCn1nc2ccccn2c1=O)NCC1CCC1. The summed E-state index contributed by atoms with van der Waals surface area (Å²) < 4.78 is 2.82. The molecule has 6 heteroatoms. The molecule has 106 valence electrons. The molecule has 1 fully saturated rings. The third kappa shape index (κ3) is 2.59. The van der Waals surface area contributed by atoms with Gasteiger partial charge in [-0.1, -0.05) is 12.5 Å². The maximum Gasteiger partial charge on any atom is 0.350 e. The van der Waals surface area contributed by atoms with Gasteiger partial charge in [0.2, 0.25) is 5.91 Å². The van der Waals surface area contributed by atoms with E-state index in [1.54, 1.807) is 18.3 Å². The number of pyridine rings is 1. The number of carbonyl (C=O) groups excluding carboxylic acids is 1. The molecule has 20 heavy (non-hydrogen) atoms. The Kier molecular flexibility index (Phi) is 3.54. The highest BCUT2D eigenvalue weighted by molar-refractivity contribution is 5.75. The Morgan fingerprint density at radius 1 is 1.40 bits per heavy atom. The summed E-state index contributed by atoms with van der Waals surface area (Å²) >= 11 is 0. The molecule has 0 saturated heterocycles. The van der Waals surface area contributed by atoms with Crippen molar-refractivity contribution in [2.24, 2.45) is 5.92 Å². The van der Waals surface area contributed by atoms with Crippen LogP contribution in [0.2, 0.25) is 0 Å². The second kappa shape index (κ2) is 5.48. The van der Waals surface area contributed by atoms with Crippen molar-refractivity contribution in [3.8, 4) is 0 Å². The molecule has 0 radical (unpaired) electrons. The molecule has 1 aliphatic carbocycles. The average molecular weight is 274 g/mol. The summed E-state index contributed by atoms with van der Waals surface area (Å²) in [5.41, 5.74) is 0.403. The van der Waals surface area contributed by atoms with Gasteiger partial charge in [-0.3, -0.25) is 9.20 Å². The zero-order chi connectivity index (χ0) is 13.9. The van der Waals surface area contributed by atoms with E-state index in [0.717, 1.165) is 6.54 Å². The number of aromatic nitrogens is 3. The number of nitrogens with zero attached hydrogens (tertiary/aromatic N) is 3. The van der Waals surface area contributed by atoms with Gasteiger partial charge in [-0.05, 0) is 30.9 Å². The minimum absolute atomic E-state index is 0.0131. The van der Waals surface area contributed by atoms with Crippen LogP contribution >= 0.6 is 0 Å². The molecular weight excluding hydrogens is 256 g/mol. The standard InChI is InChI=1S/C14H18N4O2/c19-13(15-10-11-4-3-5-11)7-9-18-14(20)17-8-2-1-6-12(17)16-18/h1-2,6,8,11H,3-5,7,9-10H2,(H,15,19). The highest BCUT2D eigenvalue weighted by atomic mass is 16.2. The van der Waals surface area contributed by atoms with Crippen molar-refractivity contribution in [1.29, 1.82) is 0 Å². The lowest BCUT2D eigenvalue weighted by molar-refractivity contribution is -0.121. The predicted octanol–water partition coefficient (Wildman–Crippen LogP) is 0.802. The fourth-order valence-corrected chi connectivity index (χ4v) is 2.36. The molecule has 0 aliphatic heterocycles. The van der Waals surface area contributed by atoms with E-state index in [9.17, 15) is 9.59 Å². The number of nitrogens with one attached hydrogen (secondary N) is 1.